The first kappa shape index (κ1) is 21.4. The topological polar surface area (TPSA) is 106 Å². The van der Waals surface area contributed by atoms with Crippen LogP contribution in [-0.4, -0.2) is 25.4 Å². The van der Waals surface area contributed by atoms with E-state index in [1.165, 1.54) is 38.5 Å². The van der Waals surface area contributed by atoms with Crippen molar-refractivity contribution in [2.24, 2.45) is 29.1 Å². The molecule has 8 rings (SSSR count). The van der Waals surface area contributed by atoms with E-state index < -0.39 is 0 Å². The van der Waals surface area contributed by atoms with Crippen LogP contribution in [0, 0.1) is 45.8 Å². The molecule has 3 heterocycles. The van der Waals surface area contributed by atoms with Crippen molar-refractivity contribution in [2.75, 3.05) is 0 Å². The lowest BCUT2D eigenvalue weighted by Gasteiger charge is -2.56. The molecule has 0 unspecified atom stereocenters. The molecule has 0 radical (unpaired) electrons. The summed E-state index contributed by atoms with van der Waals surface area (Å²) in [6.07, 6.45) is 16.7. The number of nitriles is 1. The van der Waals surface area contributed by atoms with E-state index in [-0.39, 0.29) is 5.41 Å². The SMILES string of the molecule is N#CC[C@H]1CC[C@H](n2c(CNC(=N)C34CC5CC(CC(C5)C3)C4)nc3cnc4[nH]ccc4c32)CC1. The molecule has 0 amide bonds. The van der Waals surface area contributed by atoms with E-state index in [1.54, 1.807) is 0 Å². The van der Waals surface area contributed by atoms with Crippen molar-refractivity contribution in [3.05, 3.63) is 24.3 Å². The van der Waals surface area contributed by atoms with Crippen molar-refractivity contribution in [1.29, 1.82) is 10.7 Å². The maximum Gasteiger partial charge on any atom is 0.139 e. The fourth-order valence-electron chi connectivity index (χ4n) is 8.67. The van der Waals surface area contributed by atoms with Crippen LogP contribution in [0.15, 0.2) is 18.5 Å². The highest BCUT2D eigenvalue weighted by Gasteiger charge is 2.53. The highest BCUT2D eigenvalue weighted by Crippen LogP contribution is 2.60. The Morgan fingerprint density at radius 2 is 1.86 bits per heavy atom. The fraction of sp³-hybridized carbons (Fsp3) is 0.643. The zero-order chi connectivity index (χ0) is 23.6. The van der Waals surface area contributed by atoms with Crippen molar-refractivity contribution in [1.82, 2.24) is 24.8 Å². The summed E-state index contributed by atoms with van der Waals surface area (Å²) in [5, 5.41) is 23.0. The standard InChI is InChI=1S/C28H35N7/c29-7-5-17-1-3-21(4-2-17)35-24(34-23-15-32-26-22(25(23)35)6-8-31-26)16-33-27(30)28-12-18-9-19(13-28)11-20(10-18)14-28/h6,8,15,17-21H,1-5,9-14,16H2,(H2,30,33)(H,31,32)/t17-,18?,19?,20?,21-,28?. The molecule has 7 nitrogen and oxygen atoms in total. The lowest BCUT2D eigenvalue weighted by atomic mass is 9.49. The van der Waals surface area contributed by atoms with Crippen molar-refractivity contribution >= 4 is 27.9 Å². The van der Waals surface area contributed by atoms with Crippen LogP contribution in [0.1, 0.15) is 82.5 Å². The molecule has 3 aromatic rings. The minimum absolute atomic E-state index is 0.0798. The third-order valence-corrected chi connectivity index (χ3v) is 9.86. The molecular formula is C28H35N7. The van der Waals surface area contributed by atoms with E-state index >= 15 is 0 Å². The second-order valence-electron chi connectivity index (χ2n) is 12.1. The summed E-state index contributed by atoms with van der Waals surface area (Å²) in [7, 11) is 0. The van der Waals surface area contributed by atoms with Crippen molar-refractivity contribution < 1.29 is 0 Å². The average molecular weight is 470 g/mol. The number of fused-ring (bicyclic) bond motifs is 3. The van der Waals surface area contributed by atoms with Gasteiger partial charge in [0, 0.05) is 29.5 Å². The highest BCUT2D eigenvalue weighted by atomic mass is 15.1. The maximum absolute atomic E-state index is 9.15. The average Bonchev–Trinajstić information content (AvgIpc) is 3.46. The molecule has 0 saturated heterocycles. The summed E-state index contributed by atoms with van der Waals surface area (Å²) in [4.78, 5) is 12.9. The van der Waals surface area contributed by atoms with Crippen LogP contribution in [0.5, 0.6) is 0 Å². The minimum atomic E-state index is 0.0798. The number of nitrogens with one attached hydrogen (secondary N) is 3. The lowest BCUT2D eigenvalue weighted by molar-refractivity contribution is -0.0146. The summed E-state index contributed by atoms with van der Waals surface area (Å²) < 4.78 is 2.45. The molecular weight excluding hydrogens is 434 g/mol. The Hall–Kier alpha value is -2.88. The molecule has 5 aliphatic rings. The molecule has 7 heteroatoms. The first-order valence-corrected chi connectivity index (χ1v) is 13.6. The number of aromatic nitrogens is 4. The van der Waals surface area contributed by atoms with Crippen LogP contribution in [0.4, 0.5) is 0 Å². The van der Waals surface area contributed by atoms with Gasteiger partial charge in [-0.2, -0.15) is 5.26 Å². The largest absolute Gasteiger partial charge is 0.366 e. The number of pyridine rings is 1. The third-order valence-electron chi connectivity index (χ3n) is 9.86. The molecule has 0 aliphatic heterocycles. The van der Waals surface area contributed by atoms with E-state index in [1.807, 2.05) is 12.4 Å². The van der Waals surface area contributed by atoms with Gasteiger partial charge in [-0.1, -0.05) is 0 Å². The predicted octanol–water partition coefficient (Wildman–Crippen LogP) is 5.84. The van der Waals surface area contributed by atoms with Gasteiger partial charge in [-0.05, 0) is 93.9 Å². The Morgan fingerprint density at radius 3 is 2.54 bits per heavy atom. The summed E-state index contributed by atoms with van der Waals surface area (Å²) in [6.45, 7) is 0.597. The summed E-state index contributed by atoms with van der Waals surface area (Å²) in [5.74, 6) is 4.82. The van der Waals surface area contributed by atoms with Crippen LogP contribution >= 0.6 is 0 Å². The van der Waals surface area contributed by atoms with Gasteiger partial charge in [0.15, 0.2) is 0 Å². The number of hydrogen-bond donors (Lipinski definition) is 3. The Kier molecular flexibility index (Phi) is 4.94. The van der Waals surface area contributed by atoms with E-state index in [9.17, 15) is 0 Å². The number of amidine groups is 1. The smallest absolute Gasteiger partial charge is 0.139 e. The number of hydrogen-bond acceptors (Lipinski definition) is 4. The Labute approximate surface area is 206 Å². The summed E-state index contributed by atoms with van der Waals surface area (Å²) >= 11 is 0. The minimum Gasteiger partial charge on any atom is -0.366 e. The molecule has 5 saturated carbocycles. The first-order valence-electron chi connectivity index (χ1n) is 13.6. The van der Waals surface area contributed by atoms with E-state index in [0.717, 1.165) is 77.2 Å². The molecule has 3 N–H and O–H groups in total. The van der Waals surface area contributed by atoms with Gasteiger partial charge in [0.2, 0.25) is 0 Å². The highest BCUT2D eigenvalue weighted by molar-refractivity contribution is 6.01. The van der Waals surface area contributed by atoms with Crippen molar-refractivity contribution in [3.63, 3.8) is 0 Å². The van der Waals surface area contributed by atoms with E-state index in [2.05, 4.69) is 32.0 Å². The molecule has 5 fully saturated rings. The number of rotatable bonds is 5. The van der Waals surface area contributed by atoms with Crippen LogP contribution in [0.2, 0.25) is 0 Å². The van der Waals surface area contributed by atoms with Gasteiger partial charge in [0.25, 0.3) is 0 Å². The number of imidazole rings is 1. The molecule has 3 aromatic heterocycles. The monoisotopic (exact) mass is 469 g/mol. The zero-order valence-electron chi connectivity index (χ0n) is 20.4. The van der Waals surface area contributed by atoms with Crippen molar-refractivity contribution in [2.45, 2.75) is 83.2 Å². The Bertz CT molecular complexity index is 1280. The maximum atomic E-state index is 9.15. The van der Waals surface area contributed by atoms with Gasteiger partial charge < -0.3 is 14.9 Å². The summed E-state index contributed by atoms with van der Waals surface area (Å²) in [6, 6.07) is 4.86. The molecule has 0 spiro atoms. The summed E-state index contributed by atoms with van der Waals surface area (Å²) in [5.41, 5.74) is 3.08. The molecule has 5 aliphatic carbocycles. The quantitative estimate of drug-likeness (QED) is 0.322. The Balaban J connectivity index is 1.19. The van der Waals surface area contributed by atoms with Crippen molar-refractivity contribution in [3.8, 4) is 6.07 Å². The van der Waals surface area contributed by atoms with Gasteiger partial charge in [0.1, 0.15) is 17.0 Å². The second kappa shape index (κ2) is 8.08. The molecule has 0 atom stereocenters. The number of aromatic amines is 1. The third kappa shape index (κ3) is 3.48. The second-order valence-corrected chi connectivity index (χ2v) is 12.1. The fourth-order valence-corrected chi connectivity index (χ4v) is 8.67. The van der Waals surface area contributed by atoms with Gasteiger partial charge in [-0.25, -0.2) is 9.97 Å². The van der Waals surface area contributed by atoms with Gasteiger partial charge in [0.05, 0.1) is 30.2 Å². The van der Waals surface area contributed by atoms with Gasteiger partial charge >= 0.3 is 0 Å². The molecule has 4 bridgehead atoms. The van der Waals surface area contributed by atoms with Crippen LogP contribution in [0.25, 0.3) is 22.1 Å². The molecule has 0 aromatic carbocycles. The molecule has 182 valence electrons. The normalized spacial score (nSPS) is 33.9. The number of nitrogens with zero attached hydrogens (tertiary/aromatic N) is 4. The Morgan fingerprint density at radius 1 is 1.14 bits per heavy atom. The van der Waals surface area contributed by atoms with Gasteiger partial charge in [-0.3, -0.25) is 5.41 Å². The zero-order valence-corrected chi connectivity index (χ0v) is 20.4. The first-order chi connectivity index (χ1) is 17.1. The van der Waals surface area contributed by atoms with Crippen LogP contribution in [0.3, 0.4) is 0 Å². The van der Waals surface area contributed by atoms with E-state index in [0.29, 0.717) is 24.9 Å². The lowest BCUT2D eigenvalue weighted by Crippen LogP contribution is -2.53. The van der Waals surface area contributed by atoms with Crippen LogP contribution < -0.4 is 5.32 Å². The van der Waals surface area contributed by atoms with Gasteiger partial charge in [-0.15, -0.1) is 0 Å². The predicted molar refractivity (Wildman–Crippen MR) is 136 cm³/mol. The van der Waals surface area contributed by atoms with Crippen LogP contribution in [-0.2, 0) is 6.54 Å². The number of H-pyrrole nitrogens is 1. The van der Waals surface area contributed by atoms with E-state index in [4.69, 9.17) is 15.7 Å². The molecule has 35 heavy (non-hydrogen) atoms.